The molecular formula is C20H25ClN4O3. The number of hydrogen-bond donors (Lipinski definition) is 0. The van der Waals surface area contributed by atoms with Crippen molar-refractivity contribution < 1.29 is 14.1 Å². The van der Waals surface area contributed by atoms with E-state index >= 15 is 0 Å². The minimum Gasteiger partial charge on any atom is -0.479 e. The Morgan fingerprint density at radius 2 is 2.11 bits per heavy atom. The minimum atomic E-state index is -0.579. The van der Waals surface area contributed by atoms with Gasteiger partial charge in [0.1, 0.15) is 5.75 Å². The summed E-state index contributed by atoms with van der Waals surface area (Å²) in [7, 11) is 0. The summed E-state index contributed by atoms with van der Waals surface area (Å²) in [5, 5.41) is 4.61. The van der Waals surface area contributed by atoms with Gasteiger partial charge >= 0.3 is 0 Å². The molecule has 8 heteroatoms. The molecule has 2 heterocycles. The maximum Gasteiger partial charge on any atom is 0.263 e. The standard InChI is InChI=1S/C20H25ClN4O3/c1-14(27-17-6-3-2-5-16(17)21)20(26)25-10-4-9-24(11-12-25)13-18-22-19(28-23-18)15-7-8-15/h2-3,5-6,14-15H,4,7-13H2,1H3/t14-/m0/s1. The number of carbonyl (C=O) groups excluding carboxylic acids is 1. The van der Waals surface area contributed by atoms with Gasteiger partial charge in [0.05, 0.1) is 11.6 Å². The van der Waals surface area contributed by atoms with Gasteiger partial charge in [-0.15, -0.1) is 0 Å². The number of para-hydroxylation sites is 1. The van der Waals surface area contributed by atoms with Gasteiger partial charge in [-0.05, 0) is 38.3 Å². The van der Waals surface area contributed by atoms with Crippen molar-refractivity contribution in [3.8, 4) is 5.75 Å². The molecule has 2 aromatic rings. The lowest BCUT2D eigenvalue weighted by molar-refractivity contribution is -0.137. The molecule has 0 unspecified atom stereocenters. The van der Waals surface area contributed by atoms with Crippen LogP contribution in [0.2, 0.25) is 5.02 Å². The molecule has 1 saturated heterocycles. The monoisotopic (exact) mass is 404 g/mol. The van der Waals surface area contributed by atoms with Crippen molar-refractivity contribution in [1.29, 1.82) is 0 Å². The number of aromatic nitrogens is 2. The normalized spacial score (nSPS) is 19.3. The number of benzene rings is 1. The molecule has 1 saturated carbocycles. The van der Waals surface area contributed by atoms with Crippen LogP contribution >= 0.6 is 11.6 Å². The zero-order valence-corrected chi connectivity index (χ0v) is 16.8. The Morgan fingerprint density at radius 1 is 1.29 bits per heavy atom. The summed E-state index contributed by atoms with van der Waals surface area (Å²) in [5.74, 6) is 2.49. The molecule has 0 N–H and O–H groups in total. The summed E-state index contributed by atoms with van der Waals surface area (Å²) in [4.78, 5) is 21.5. The Morgan fingerprint density at radius 3 is 2.89 bits per heavy atom. The van der Waals surface area contributed by atoms with Crippen LogP contribution in [-0.4, -0.2) is 58.1 Å². The van der Waals surface area contributed by atoms with Crippen molar-refractivity contribution in [2.24, 2.45) is 0 Å². The molecule has 1 aliphatic heterocycles. The molecule has 0 spiro atoms. The highest BCUT2D eigenvalue weighted by molar-refractivity contribution is 6.32. The smallest absolute Gasteiger partial charge is 0.263 e. The highest BCUT2D eigenvalue weighted by Gasteiger charge is 2.30. The fourth-order valence-electron chi connectivity index (χ4n) is 3.42. The first-order chi connectivity index (χ1) is 13.6. The zero-order valence-electron chi connectivity index (χ0n) is 16.0. The lowest BCUT2D eigenvalue weighted by atomic mass is 10.3. The second-order valence-corrected chi connectivity index (χ2v) is 7.88. The molecular weight excluding hydrogens is 380 g/mol. The van der Waals surface area contributed by atoms with Crippen molar-refractivity contribution in [3.05, 3.63) is 41.0 Å². The van der Waals surface area contributed by atoms with Crippen LogP contribution in [0, 0.1) is 0 Å². The Kier molecular flexibility index (Phi) is 5.82. The first-order valence-corrected chi connectivity index (χ1v) is 10.2. The maximum absolute atomic E-state index is 12.8. The first kappa shape index (κ1) is 19.2. The third-order valence-corrected chi connectivity index (χ3v) is 5.48. The number of halogens is 1. The molecule has 150 valence electrons. The Labute approximate surface area is 169 Å². The molecule has 1 amide bonds. The van der Waals surface area contributed by atoms with Gasteiger partial charge in [0.25, 0.3) is 5.91 Å². The number of nitrogens with zero attached hydrogens (tertiary/aromatic N) is 4. The SMILES string of the molecule is C[C@H](Oc1ccccc1Cl)C(=O)N1CCCN(Cc2noc(C3CC3)n2)CC1. The summed E-state index contributed by atoms with van der Waals surface area (Å²) < 4.78 is 11.1. The van der Waals surface area contributed by atoms with Gasteiger partial charge in [0.2, 0.25) is 5.89 Å². The van der Waals surface area contributed by atoms with Crippen LogP contribution in [0.3, 0.4) is 0 Å². The molecule has 7 nitrogen and oxygen atoms in total. The first-order valence-electron chi connectivity index (χ1n) is 9.85. The van der Waals surface area contributed by atoms with Crippen LogP contribution in [0.15, 0.2) is 28.8 Å². The van der Waals surface area contributed by atoms with E-state index in [2.05, 4.69) is 15.0 Å². The Balaban J connectivity index is 1.30. The van der Waals surface area contributed by atoms with Crippen LogP contribution < -0.4 is 4.74 Å². The maximum atomic E-state index is 12.8. The van der Waals surface area contributed by atoms with Crippen LogP contribution in [0.1, 0.15) is 43.8 Å². The van der Waals surface area contributed by atoms with E-state index in [1.807, 2.05) is 17.0 Å². The molecule has 0 bridgehead atoms. The molecule has 0 radical (unpaired) electrons. The van der Waals surface area contributed by atoms with Gasteiger partial charge in [0, 0.05) is 32.1 Å². The van der Waals surface area contributed by atoms with Gasteiger partial charge in [-0.3, -0.25) is 9.69 Å². The predicted octanol–water partition coefficient (Wildman–Crippen LogP) is 3.10. The van der Waals surface area contributed by atoms with E-state index in [0.29, 0.717) is 36.3 Å². The van der Waals surface area contributed by atoms with E-state index in [1.54, 1.807) is 19.1 Å². The molecule has 28 heavy (non-hydrogen) atoms. The number of rotatable bonds is 6. The predicted molar refractivity (Wildman–Crippen MR) is 104 cm³/mol. The third kappa shape index (κ3) is 4.64. The van der Waals surface area contributed by atoms with Crippen LogP contribution in [0.4, 0.5) is 0 Å². The summed E-state index contributed by atoms with van der Waals surface area (Å²) in [6, 6.07) is 7.21. The number of hydrogen-bond acceptors (Lipinski definition) is 6. The number of amides is 1. The average molecular weight is 405 g/mol. The molecule has 1 aromatic heterocycles. The Bertz CT molecular complexity index is 823. The third-order valence-electron chi connectivity index (χ3n) is 5.16. The second-order valence-electron chi connectivity index (χ2n) is 7.47. The van der Waals surface area contributed by atoms with E-state index < -0.39 is 6.10 Å². The minimum absolute atomic E-state index is 0.0163. The fourth-order valence-corrected chi connectivity index (χ4v) is 3.60. The highest BCUT2D eigenvalue weighted by atomic mass is 35.5. The summed E-state index contributed by atoms with van der Waals surface area (Å²) in [5.41, 5.74) is 0. The van der Waals surface area contributed by atoms with E-state index in [9.17, 15) is 4.79 Å². The van der Waals surface area contributed by atoms with E-state index in [0.717, 1.165) is 44.1 Å². The Hall–Kier alpha value is -2.12. The van der Waals surface area contributed by atoms with E-state index in [-0.39, 0.29) is 5.91 Å². The van der Waals surface area contributed by atoms with Crippen molar-refractivity contribution in [3.63, 3.8) is 0 Å². The molecule has 4 rings (SSSR count). The van der Waals surface area contributed by atoms with E-state index in [1.165, 1.54) is 0 Å². The zero-order chi connectivity index (χ0) is 19.5. The topological polar surface area (TPSA) is 71.7 Å². The lowest BCUT2D eigenvalue weighted by Gasteiger charge is -2.25. The summed E-state index contributed by atoms with van der Waals surface area (Å²) in [6.45, 7) is 5.47. The average Bonchev–Trinajstić information content (AvgIpc) is 3.48. The van der Waals surface area contributed by atoms with E-state index in [4.69, 9.17) is 20.9 Å². The van der Waals surface area contributed by atoms with Crippen LogP contribution in [-0.2, 0) is 11.3 Å². The molecule has 1 aromatic carbocycles. The largest absolute Gasteiger partial charge is 0.479 e. The fraction of sp³-hybridized carbons (Fsp3) is 0.550. The van der Waals surface area contributed by atoms with Gasteiger partial charge in [0.15, 0.2) is 11.9 Å². The molecule has 1 aliphatic carbocycles. The highest BCUT2D eigenvalue weighted by Crippen LogP contribution is 2.38. The molecule has 2 aliphatic rings. The van der Waals surface area contributed by atoms with Crippen LogP contribution in [0.25, 0.3) is 0 Å². The number of ether oxygens (including phenoxy) is 1. The van der Waals surface area contributed by atoms with Gasteiger partial charge < -0.3 is 14.2 Å². The quantitative estimate of drug-likeness (QED) is 0.736. The van der Waals surface area contributed by atoms with Crippen molar-refractivity contribution in [2.45, 2.75) is 44.8 Å². The van der Waals surface area contributed by atoms with Gasteiger partial charge in [-0.1, -0.05) is 28.9 Å². The van der Waals surface area contributed by atoms with Gasteiger partial charge in [-0.2, -0.15) is 4.98 Å². The summed E-state index contributed by atoms with van der Waals surface area (Å²) in [6.07, 6.45) is 2.62. The van der Waals surface area contributed by atoms with Gasteiger partial charge in [-0.25, -0.2) is 0 Å². The van der Waals surface area contributed by atoms with Crippen LogP contribution in [0.5, 0.6) is 5.75 Å². The van der Waals surface area contributed by atoms with Crippen molar-refractivity contribution >= 4 is 17.5 Å². The lowest BCUT2D eigenvalue weighted by Crippen LogP contribution is -2.42. The molecule has 2 fully saturated rings. The van der Waals surface area contributed by atoms with Crippen molar-refractivity contribution in [1.82, 2.24) is 19.9 Å². The second kappa shape index (κ2) is 8.49. The summed E-state index contributed by atoms with van der Waals surface area (Å²) >= 11 is 6.13. The van der Waals surface area contributed by atoms with Crippen molar-refractivity contribution in [2.75, 3.05) is 26.2 Å². The number of carbonyl (C=O) groups is 1. The molecule has 1 atom stereocenters.